The van der Waals surface area contributed by atoms with Crippen LogP contribution in [0.1, 0.15) is 74.9 Å². The molecule has 0 aromatic heterocycles. The molecule has 0 bridgehead atoms. The molecular weight excluding hydrogens is 948 g/mol. The van der Waals surface area contributed by atoms with Crippen molar-refractivity contribution in [2.75, 3.05) is 5.75 Å². The van der Waals surface area contributed by atoms with E-state index in [1.807, 2.05) is 118 Å². The van der Waals surface area contributed by atoms with Crippen molar-refractivity contribution < 1.29 is 38.6 Å². The number of halogens is 1. The van der Waals surface area contributed by atoms with Gasteiger partial charge < -0.3 is 35.8 Å². The number of thioether (sulfide) groups is 1. The molecule has 0 fully saturated rings. The van der Waals surface area contributed by atoms with Crippen LogP contribution in [-0.4, -0.2) is 76.0 Å². The highest BCUT2D eigenvalue weighted by molar-refractivity contribution is 8.00. The van der Waals surface area contributed by atoms with E-state index < -0.39 is 69.9 Å². The van der Waals surface area contributed by atoms with Crippen LogP contribution in [0, 0.1) is 0 Å². The van der Waals surface area contributed by atoms with Gasteiger partial charge in [0.1, 0.15) is 41.1 Å². The van der Waals surface area contributed by atoms with Gasteiger partial charge >= 0.3 is 12.1 Å². The van der Waals surface area contributed by atoms with E-state index in [9.17, 15) is 24.3 Å². The van der Waals surface area contributed by atoms with Crippen LogP contribution in [0.5, 0.6) is 5.75 Å². The third-order valence-electron chi connectivity index (χ3n) is 11.3. The molecule has 0 saturated heterocycles. The molecule has 0 aliphatic heterocycles. The molecule has 0 heterocycles. The molecule has 0 saturated carbocycles. The highest BCUT2D eigenvalue weighted by Gasteiger charge is 2.40. The minimum Gasteiger partial charge on any atom is -0.488 e. The van der Waals surface area contributed by atoms with Crippen LogP contribution in [0.3, 0.4) is 0 Å². The first kappa shape index (κ1) is 54.2. The summed E-state index contributed by atoms with van der Waals surface area (Å²) >= 11 is 7.63. The second-order valence-electron chi connectivity index (χ2n) is 19.4. The monoisotopic (exact) mass is 1010 g/mol. The quantitative estimate of drug-likeness (QED) is 0.0441. The molecule has 6 aromatic rings. The zero-order valence-corrected chi connectivity index (χ0v) is 43.0. The Morgan fingerprint density at radius 2 is 0.861 bits per heavy atom. The maximum atomic E-state index is 15.3. The Labute approximate surface area is 431 Å². The fraction of sp³-hybridized carbons (Fsp3) is 0.293. The van der Waals surface area contributed by atoms with Crippen molar-refractivity contribution in [1.82, 2.24) is 21.3 Å². The van der Waals surface area contributed by atoms with Gasteiger partial charge in [-0.25, -0.2) is 9.59 Å². The van der Waals surface area contributed by atoms with Gasteiger partial charge in [0.05, 0.1) is 4.75 Å². The van der Waals surface area contributed by atoms with Gasteiger partial charge in [-0.1, -0.05) is 157 Å². The number of aliphatic carboxylic acids is 1. The summed E-state index contributed by atoms with van der Waals surface area (Å²) < 4.78 is 10.7. The molecule has 4 atom stereocenters. The third kappa shape index (κ3) is 16.0. The molecule has 14 heteroatoms. The lowest BCUT2D eigenvalue weighted by atomic mass is 9.84. The average Bonchev–Trinajstić information content (AvgIpc) is 3.34. The molecular formula is C58H63ClN4O8S. The van der Waals surface area contributed by atoms with E-state index in [1.54, 1.807) is 93.6 Å². The number of carboxylic acid groups (broad SMARTS) is 1. The van der Waals surface area contributed by atoms with Gasteiger partial charge in [0, 0.05) is 30.0 Å². The predicted octanol–water partition coefficient (Wildman–Crippen LogP) is 9.70. The number of hydrogen-bond acceptors (Lipinski definition) is 8. The highest BCUT2D eigenvalue weighted by Crippen LogP contribution is 2.48. The lowest BCUT2D eigenvalue weighted by Crippen LogP contribution is -2.59. The fourth-order valence-corrected chi connectivity index (χ4v) is 9.72. The van der Waals surface area contributed by atoms with Crippen molar-refractivity contribution in [3.8, 4) is 5.75 Å². The molecule has 0 unspecified atom stereocenters. The van der Waals surface area contributed by atoms with Crippen molar-refractivity contribution in [3.05, 3.63) is 208 Å². The largest absolute Gasteiger partial charge is 0.488 e. The van der Waals surface area contributed by atoms with E-state index in [0.717, 1.165) is 16.7 Å². The Morgan fingerprint density at radius 1 is 0.486 bits per heavy atom. The van der Waals surface area contributed by atoms with Crippen LogP contribution in [0.2, 0.25) is 5.02 Å². The van der Waals surface area contributed by atoms with E-state index in [1.165, 1.54) is 11.8 Å². The van der Waals surface area contributed by atoms with E-state index in [4.69, 9.17) is 21.1 Å². The van der Waals surface area contributed by atoms with Crippen LogP contribution < -0.4 is 26.0 Å². The number of ether oxygens (including phenoxy) is 2. The number of alkyl carbamates (subject to hydrolysis) is 1. The Hall–Kier alpha value is -7.09. The first-order chi connectivity index (χ1) is 34.3. The van der Waals surface area contributed by atoms with E-state index in [2.05, 4.69) is 21.3 Å². The Balaban J connectivity index is 1.42. The van der Waals surface area contributed by atoms with E-state index in [-0.39, 0.29) is 25.0 Å². The normalized spacial score (nSPS) is 13.3. The second-order valence-corrected chi connectivity index (χ2v) is 21.1. The van der Waals surface area contributed by atoms with Crippen LogP contribution in [0.15, 0.2) is 170 Å². The van der Waals surface area contributed by atoms with Gasteiger partial charge in [0.2, 0.25) is 17.7 Å². The van der Waals surface area contributed by atoms with Gasteiger partial charge in [-0.15, -0.1) is 11.8 Å². The summed E-state index contributed by atoms with van der Waals surface area (Å²) in [5.41, 5.74) is 3.33. The minimum absolute atomic E-state index is 0.00363. The molecule has 5 N–H and O–H groups in total. The SMILES string of the molecule is CC(C)(C)OC(=O)N[C@@H](Cc1ccc(Cl)cc1)C(=O)N[C@@H](CSC(c1ccccc1)(c1ccccc1)c1ccccc1)C(=O)N[C@@H](Cc1ccc(OC(C)(C)C)cc1)C(=O)N[C@H](Cc1ccccc1)C(=O)O. The Kier molecular flexibility index (Phi) is 18.7. The maximum Gasteiger partial charge on any atom is 0.408 e. The maximum absolute atomic E-state index is 15.3. The zero-order valence-electron chi connectivity index (χ0n) is 41.4. The summed E-state index contributed by atoms with van der Waals surface area (Å²) in [7, 11) is 0. The highest BCUT2D eigenvalue weighted by atomic mass is 35.5. The minimum atomic E-state index is -1.36. The van der Waals surface area contributed by atoms with Gasteiger partial charge in [-0.2, -0.15) is 0 Å². The molecule has 4 amide bonds. The molecule has 0 spiro atoms. The standard InChI is InChI=1S/C58H63ClN4O8S/c1-56(2,3)70-46-33-29-41(30-34-46)35-47(51(64)61-49(54(67)68)37-39-19-11-7-12-20-39)60-53(66)50(62-52(65)48(63-55(69)71-57(4,5)6)36-40-27-31-45(59)32-28-40)38-72-58(42-21-13-8-14-22-42,43-23-15-9-16-24-43)44-25-17-10-18-26-44/h7-34,47-50H,35-38H2,1-6H3,(H,60,66)(H,61,64)(H,62,65)(H,63,69)(H,67,68)/t47-,48-,49+,50-/m0/s1. The number of carbonyl (C=O) groups excluding carboxylic acids is 4. The number of benzene rings is 6. The predicted molar refractivity (Wildman–Crippen MR) is 284 cm³/mol. The second kappa shape index (κ2) is 24.8. The van der Waals surface area contributed by atoms with Crippen LogP contribution in [0.4, 0.5) is 4.79 Å². The zero-order chi connectivity index (χ0) is 51.9. The molecule has 0 aliphatic rings. The lowest BCUT2D eigenvalue weighted by molar-refractivity contribution is -0.142. The number of carbonyl (C=O) groups is 5. The topological polar surface area (TPSA) is 172 Å². The number of nitrogens with one attached hydrogen (secondary N) is 4. The van der Waals surface area contributed by atoms with Crippen molar-refractivity contribution >= 4 is 53.1 Å². The van der Waals surface area contributed by atoms with Gasteiger partial charge in [0.25, 0.3) is 0 Å². The van der Waals surface area contributed by atoms with Crippen LogP contribution in [0.25, 0.3) is 0 Å². The first-order valence-corrected chi connectivity index (χ1v) is 25.1. The summed E-state index contributed by atoms with van der Waals surface area (Å²) in [6.45, 7) is 10.9. The van der Waals surface area contributed by atoms with Gasteiger partial charge in [-0.05, 0) is 99.2 Å². The van der Waals surface area contributed by atoms with Crippen molar-refractivity contribution in [2.24, 2.45) is 0 Å². The summed E-state index contributed by atoms with van der Waals surface area (Å²) in [6, 6.07) is 47.1. The van der Waals surface area contributed by atoms with E-state index in [0.29, 0.717) is 27.5 Å². The molecule has 6 aromatic carbocycles. The summed E-state index contributed by atoms with van der Waals surface area (Å²) in [5.74, 6) is -2.91. The van der Waals surface area contributed by atoms with Crippen molar-refractivity contribution in [2.45, 2.75) is 101 Å². The average molecular weight is 1010 g/mol. The molecule has 72 heavy (non-hydrogen) atoms. The molecule has 0 aliphatic carbocycles. The van der Waals surface area contributed by atoms with Gasteiger partial charge in [0.15, 0.2) is 0 Å². The Bertz CT molecular complexity index is 2620. The number of hydrogen-bond donors (Lipinski definition) is 5. The van der Waals surface area contributed by atoms with Crippen molar-refractivity contribution in [3.63, 3.8) is 0 Å². The molecule has 0 radical (unpaired) electrons. The summed E-state index contributed by atoms with van der Waals surface area (Å²) in [6.07, 6.45) is -0.914. The number of amides is 4. The smallest absolute Gasteiger partial charge is 0.408 e. The fourth-order valence-electron chi connectivity index (χ4n) is 8.03. The number of carboxylic acids is 1. The van der Waals surface area contributed by atoms with Crippen molar-refractivity contribution in [1.29, 1.82) is 0 Å². The van der Waals surface area contributed by atoms with Gasteiger partial charge in [-0.3, -0.25) is 14.4 Å². The summed E-state index contributed by atoms with van der Waals surface area (Å²) in [4.78, 5) is 70.8. The lowest BCUT2D eigenvalue weighted by Gasteiger charge is -2.37. The third-order valence-corrected chi connectivity index (χ3v) is 13.2. The van der Waals surface area contributed by atoms with Crippen LogP contribution in [-0.2, 0) is 47.9 Å². The Morgan fingerprint density at radius 3 is 1.31 bits per heavy atom. The number of rotatable bonds is 21. The first-order valence-electron chi connectivity index (χ1n) is 23.8. The molecule has 376 valence electrons. The van der Waals surface area contributed by atoms with E-state index >= 15 is 4.79 Å². The summed E-state index contributed by atoms with van der Waals surface area (Å²) in [5, 5.41) is 22.1. The molecule has 12 nitrogen and oxygen atoms in total. The molecule has 6 rings (SSSR count). The van der Waals surface area contributed by atoms with Crippen LogP contribution >= 0.6 is 23.4 Å².